The van der Waals surface area contributed by atoms with E-state index in [1.54, 1.807) is 0 Å². The molecule has 6 rings (SSSR count). The second-order valence-corrected chi connectivity index (χ2v) is 10.5. The summed E-state index contributed by atoms with van der Waals surface area (Å²) in [5, 5.41) is 14.4. The quantitative estimate of drug-likeness (QED) is 0.376. The minimum atomic E-state index is -0.00655. The third-order valence-corrected chi connectivity index (χ3v) is 8.37. The largest absolute Gasteiger partial charge is 0.353 e. The Kier molecular flexibility index (Phi) is 5.99. The first-order chi connectivity index (χ1) is 18.0. The highest BCUT2D eigenvalue weighted by Gasteiger charge is 2.36. The number of piperidine rings is 1. The molecule has 0 aliphatic carbocycles. The van der Waals surface area contributed by atoms with Crippen molar-refractivity contribution >= 4 is 34.2 Å². The molecule has 1 amide bonds. The maximum atomic E-state index is 12.1. The zero-order chi connectivity index (χ0) is 25.7. The van der Waals surface area contributed by atoms with Gasteiger partial charge in [-0.05, 0) is 56.0 Å². The molecule has 190 valence electrons. The number of H-pyrrole nitrogens is 1. The van der Waals surface area contributed by atoms with Crippen LogP contribution in [0.25, 0.3) is 22.0 Å². The fourth-order valence-electron chi connectivity index (χ4n) is 5.76. The molecule has 2 aliphatic rings. The van der Waals surface area contributed by atoms with Gasteiger partial charge in [0.25, 0.3) is 0 Å². The lowest BCUT2D eigenvalue weighted by Gasteiger charge is -2.40. The minimum absolute atomic E-state index is 0.00655. The number of rotatable bonds is 5. The molecule has 0 bridgehead atoms. The van der Waals surface area contributed by atoms with Gasteiger partial charge in [-0.2, -0.15) is 10.2 Å². The number of pyridine rings is 1. The standard InChI is InChI=1S/C28H30ClN7O/c1-4-24(37)34-10-7-21(8-11-34)36-18(3)25(26-22-14-31-32-23(22)12-17(2)27(26)29)28(33-36)35-15-20(16-35)19-6-5-9-30-13-19/h4-6,9,12-14,20-21H,1,7-8,10-11,15-16H2,2-3H3,(H,31,32). The highest BCUT2D eigenvalue weighted by atomic mass is 35.5. The summed E-state index contributed by atoms with van der Waals surface area (Å²) in [6.07, 6.45) is 8.72. The number of nitrogens with zero attached hydrogens (tertiary/aromatic N) is 6. The number of amides is 1. The second-order valence-electron chi connectivity index (χ2n) is 10.1. The molecule has 8 nitrogen and oxygen atoms in total. The Morgan fingerprint density at radius 2 is 1.97 bits per heavy atom. The average molecular weight is 516 g/mol. The molecule has 2 saturated heterocycles. The highest BCUT2D eigenvalue weighted by molar-refractivity contribution is 6.36. The molecular formula is C28H30ClN7O. The Bertz CT molecular complexity index is 1480. The van der Waals surface area contributed by atoms with Crippen LogP contribution in [0.1, 0.15) is 41.6 Å². The first kappa shape index (κ1) is 23.7. The van der Waals surface area contributed by atoms with Gasteiger partial charge in [0.05, 0.1) is 22.8 Å². The van der Waals surface area contributed by atoms with Crippen molar-refractivity contribution in [2.45, 2.75) is 38.6 Å². The van der Waals surface area contributed by atoms with E-state index < -0.39 is 0 Å². The lowest BCUT2D eigenvalue weighted by Crippen LogP contribution is -2.45. The predicted octanol–water partition coefficient (Wildman–Crippen LogP) is 5.04. The average Bonchev–Trinajstić information content (AvgIpc) is 3.49. The van der Waals surface area contributed by atoms with Gasteiger partial charge in [0.2, 0.25) is 5.91 Å². The van der Waals surface area contributed by atoms with Crippen LogP contribution in [0.4, 0.5) is 5.82 Å². The molecular weight excluding hydrogens is 486 g/mol. The third kappa shape index (κ3) is 4.00. The number of hydrogen-bond donors (Lipinski definition) is 1. The van der Waals surface area contributed by atoms with E-state index in [2.05, 4.69) is 44.3 Å². The van der Waals surface area contributed by atoms with Gasteiger partial charge in [-0.15, -0.1) is 0 Å². The summed E-state index contributed by atoms with van der Waals surface area (Å²) in [4.78, 5) is 20.6. The Balaban J connectivity index is 1.41. The molecule has 1 N–H and O–H groups in total. The van der Waals surface area contributed by atoms with Gasteiger partial charge in [0.1, 0.15) is 0 Å². The zero-order valence-corrected chi connectivity index (χ0v) is 21.9. The van der Waals surface area contributed by atoms with Crippen LogP contribution in [-0.4, -0.2) is 61.9 Å². The smallest absolute Gasteiger partial charge is 0.245 e. The number of fused-ring (bicyclic) bond motifs is 1. The molecule has 2 fully saturated rings. The number of carbonyl (C=O) groups excluding carboxylic acids is 1. The van der Waals surface area contributed by atoms with Crippen LogP contribution in [-0.2, 0) is 4.79 Å². The highest BCUT2D eigenvalue weighted by Crippen LogP contribution is 2.46. The van der Waals surface area contributed by atoms with Crippen molar-refractivity contribution in [3.63, 3.8) is 0 Å². The van der Waals surface area contributed by atoms with Gasteiger partial charge in [0, 0.05) is 66.7 Å². The molecule has 0 unspecified atom stereocenters. The number of aromatic nitrogens is 5. The topological polar surface area (TPSA) is 82.9 Å². The van der Waals surface area contributed by atoms with Crippen LogP contribution in [0, 0.1) is 13.8 Å². The summed E-state index contributed by atoms with van der Waals surface area (Å²) in [5.41, 5.74) is 6.34. The van der Waals surface area contributed by atoms with E-state index in [1.165, 1.54) is 11.6 Å². The number of aryl methyl sites for hydroxylation is 1. The van der Waals surface area contributed by atoms with E-state index >= 15 is 0 Å². The summed E-state index contributed by atoms with van der Waals surface area (Å²) in [6, 6.07) is 6.39. The molecule has 0 saturated carbocycles. The Hall–Kier alpha value is -3.65. The SMILES string of the molecule is C=CC(=O)N1CCC(n2nc(N3CC(c4cccnc4)C3)c(-c3c(Cl)c(C)cc4[nH]ncc34)c2C)CC1. The first-order valence-electron chi connectivity index (χ1n) is 12.7. The van der Waals surface area contributed by atoms with E-state index in [9.17, 15) is 4.79 Å². The van der Waals surface area contributed by atoms with Crippen molar-refractivity contribution in [3.8, 4) is 11.1 Å². The molecule has 4 aromatic rings. The number of hydrogen-bond acceptors (Lipinski definition) is 5. The number of anilines is 1. The van der Waals surface area contributed by atoms with E-state index in [0.717, 1.165) is 70.1 Å². The molecule has 0 spiro atoms. The van der Waals surface area contributed by atoms with E-state index in [4.69, 9.17) is 16.7 Å². The second kappa shape index (κ2) is 9.34. The fraction of sp³-hybridized carbons (Fsp3) is 0.357. The third-order valence-electron chi connectivity index (χ3n) is 7.88. The molecule has 0 radical (unpaired) electrons. The molecule has 37 heavy (non-hydrogen) atoms. The number of halogens is 1. The summed E-state index contributed by atoms with van der Waals surface area (Å²) in [7, 11) is 0. The van der Waals surface area contributed by atoms with Crippen LogP contribution in [0.3, 0.4) is 0 Å². The lowest BCUT2D eigenvalue weighted by molar-refractivity contribution is -0.127. The predicted molar refractivity (Wildman–Crippen MR) is 146 cm³/mol. The maximum absolute atomic E-state index is 12.1. The molecule has 0 atom stereocenters. The Morgan fingerprint density at radius 1 is 1.19 bits per heavy atom. The van der Waals surface area contributed by atoms with Gasteiger partial charge < -0.3 is 9.80 Å². The first-order valence-corrected chi connectivity index (χ1v) is 13.1. The van der Waals surface area contributed by atoms with E-state index in [0.29, 0.717) is 19.0 Å². The van der Waals surface area contributed by atoms with Crippen LogP contribution >= 0.6 is 11.6 Å². The van der Waals surface area contributed by atoms with Crippen LogP contribution in [0.5, 0.6) is 0 Å². The summed E-state index contributed by atoms with van der Waals surface area (Å²) in [6.45, 7) is 10.9. The van der Waals surface area contributed by atoms with Crippen molar-refractivity contribution < 1.29 is 4.79 Å². The van der Waals surface area contributed by atoms with Crippen molar-refractivity contribution in [1.29, 1.82) is 0 Å². The molecule has 2 aliphatic heterocycles. The van der Waals surface area contributed by atoms with Crippen LogP contribution in [0.2, 0.25) is 5.02 Å². The van der Waals surface area contributed by atoms with Gasteiger partial charge in [0.15, 0.2) is 5.82 Å². The van der Waals surface area contributed by atoms with Crippen LogP contribution < -0.4 is 4.90 Å². The lowest BCUT2D eigenvalue weighted by atomic mass is 9.91. The summed E-state index contributed by atoms with van der Waals surface area (Å²) in [5.74, 6) is 1.37. The van der Waals surface area contributed by atoms with Gasteiger partial charge >= 0.3 is 0 Å². The summed E-state index contributed by atoms with van der Waals surface area (Å²) < 4.78 is 2.17. The van der Waals surface area contributed by atoms with Gasteiger partial charge in [-0.1, -0.05) is 24.2 Å². The maximum Gasteiger partial charge on any atom is 0.245 e. The van der Waals surface area contributed by atoms with Crippen molar-refractivity contribution in [3.05, 3.63) is 71.3 Å². The molecule has 3 aromatic heterocycles. The Labute approximate surface area is 220 Å². The number of nitrogens with one attached hydrogen (secondary N) is 1. The van der Waals surface area contributed by atoms with Crippen LogP contribution in [0.15, 0.2) is 49.4 Å². The van der Waals surface area contributed by atoms with Gasteiger partial charge in [-0.3, -0.25) is 19.6 Å². The van der Waals surface area contributed by atoms with Crippen molar-refractivity contribution in [1.82, 2.24) is 29.9 Å². The van der Waals surface area contributed by atoms with Crippen molar-refractivity contribution in [2.24, 2.45) is 0 Å². The zero-order valence-electron chi connectivity index (χ0n) is 21.1. The van der Waals surface area contributed by atoms with Gasteiger partial charge in [-0.25, -0.2) is 0 Å². The molecule has 5 heterocycles. The molecule has 9 heteroatoms. The van der Waals surface area contributed by atoms with E-state index in [-0.39, 0.29) is 11.9 Å². The van der Waals surface area contributed by atoms with E-state index in [1.807, 2.05) is 42.5 Å². The summed E-state index contributed by atoms with van der Waals surface area (Å²) >= 11 is 7.00. The number of aromatic amines is 1. The number of benzene rings is 1. The number of carbonyl (C=O) groups is 1. The minimum Gasteiger partial charge on any atom is -0.353 e. The Morgan fingerprint density at radius 3 is 2.68 bits per heavy atom. The normalized spacial score (nSPS) is 16.8. The molecule has 1 aromatic carbocycles. The monoisotopic (exact) mass is 515 g/mol. The fourth-order valence-corrected chi connectivity index (χ4v) is 6.01. The van der Waals surface area contributed by atoms with Crippen molar-refractivity contribution in [2.75, 3.05) is 31.1 Å². The number of likely N-dealkylation sites (tertiary alicyclic amines) is 1.